The van der Waals surface area contributed by atoms with Crippen molar-refractivity contribution in [2.75, 3.05) is 6.54 Å². The maximum Gasteiger partial charge on any atom is 0.142 e. The van der Waals surface area contributed by atoms with Gasteiger partial charge >= 0.3 is 0 Å². The summed E-state index contributed by atoms with van der Waals surface area (Å²) in [7, 11) is 0. The lowest BCUT2D eigenvalue weighted by atomic mass is 9.98. The average molecular weight is 310 g/mol. The lowest BCUT2D eigenvalue weighted by Crippen LogP contribution is -2.33. The van der Waals surface area contributed by atoms with Gasteiger partial charge in [0.2, 0.25) is 0 Å². The van der Waals surface area contributed by atoms with Crippen LogP contribution in [0.3, 0.4) is 0 Å². The Balaban J connectivity index is 2.11. The van der Waals surface area contributed by atoms with Crippen molar-refractivity contribution in [1.29, 1.82) is 0 Å². The summed E-state index contributed by atoms with van der Waals surface area (Å²) in [5.41, 5.74) is 1.51. The molecular formula is C17H18ClF2N. The fourth-order valence-corrected chi connectivity index (χ4v) is 2.50. The Hall–Kier alpha value is -1.45. The minimum Gasteiger partial charge on any atom is -0.314 e. The van der Waals surface area contributed by atoms with E-state index in [1.807, 2.05) is 13.0 Å². The molecule has 2 rings (SSSR count). The molecule has 2 aromatic rings. The Labute approximate surface area is 128 Å². The highest BCUT2D eigenvalue weighted by atomic mass is 35.5. The zero-order chi connectivity index (χ0) is 15.2. The molecule has 4 heteroatoms. The van der Waals surface area contributed by atoms with Crippen molar-refractivity contribution in [2.24, 2.45) is 0 Å². The maximum atomic E-state index is 13.7. The van der Waals surface area contributed by atoms with Crippen molar-refractivity contribution in [3.05, 3.63) is 70.2 Å². The van der Waals surface area contributed by atoms with Crippen LogP contribution in [0.5, 0.6) is 0 Å². The lowest BCUT2D eigenvalue weighted by molar-refractivity contribution is 0.504. The van der Waals surface area contributed by atoms with Crippen molar-refractivity contribution in [2.45, 2.75) is 25.8 Å². The molecule has 0 aliphatic rings. The number of likely N-dealkylation sites (N-methyl/N-ethyl adjacent to an activating group) is 1. The average Bonchev–Trinajstić information content (AvgIpc) is 2.46. The van der Waals surface area contributed by atoms with Crippen LogP contribution in [-0.2, 0) is 12.8 Å². The van der Waals surface area contributed by atoms with E-state index < -0.39 is 5.82 Å². The molecule has 0 amide bonds. The number of nitrogens with one attached hydrogen (secondary N) is 1. The van der Waals surface area contributed by atoms with Crippen molar-refractivity contribution >= 4 is 11.6 Å². The molecular weight excluding hydrogens is 292 g/mol. The van der Waals surface area contributed by atoms with Gasteiger partial charge in [-0.3, -0.25) is 0 Å². The first-order valence-electron chi connectivity index (χ1n) is 7.01. The normalized spacial score (nSPS) is 12.4. The fourth-order valence-electron chi connectivity index (χ4n) is 2.39. The van der Waals surface area contributed by atoms with Gasteiger partial charge in [-0.2, -0.15) is 0 Å². The van der Waals surface area contributed by atoms with Crippen LogP contribution in [-0.4, -0.2) is 12.6 Å². The zero-order valence-corrected chi connectivity index (χ0v) is 12.6. The largest absolute Gasteiger partial charge is 0.314 e. The molecule has 1 N–H and O–H groups in total. The molecule has 0 aromatic heterocycles. The second-order valence-electron chi connectivity index (χ2n) is 5.00. The topological polar surface area (TPSA) is 12.0 Å². The molecule has 0 bridgehead atoms. The Morgan fingerprint density at radius 2 is 1.81 bits per heavy atom. The van der Waals surface area contributed by atoms with Crippen molar-refractivity contribution in [3.8, 4) is 0 Å². The number of benzene rings is 2. The Kier molecular flexibility index (Phi) is 5.71. The van der Waals surface area contributed by atoms with Gasteiger partial charge in [-0.1, -0.05) is 42.8 Å². The van der Waals surface area contributed by atoms with E-state index in [0.29, 0.717) is 18.4 Å². The smallest absolute Gasteiger partial charge is 0.142 e. The van der Waals surface area contributed by atoms with Gasteiger partial charge in [0.15, 0.2) is 0 Å². The van der Waals surface area contributed by atoms with Gasteiger partial charge in [0.05, 0.1) is 5.02 Å². The summed E-state index contributed by atoms with van der Waals surface area (Å²) in [4.78, 5) is 0. The van der Waals surface area contributed by atoms with Crippen LogP contribution in [0.15, 0.2) is 42.5 Å². The number of hydrogen-bond donors (Lipinski definition) is 1. The zero-order valence-electron chi connectivity index (χ0n) is 11.9. The third kappa shape index (κ3) is 4.51. The van der Waals surface area contributed by atoms with Gasteiger partial charge in [-0.25, -0.2) is 8.78 Å². The summed E-state index contributed by atoms with van der Waals surface area (Å²) in [6, 6.07) is 11.6. The molecule has 0 saturated heterocycles. The van der Waals surface area contributed by atoms with Crippen LogP contribution >= 0.6 is 11.6 Å². The van der Waals surface area contributed by atoms with Crippen LogP contribution in [0.1, 0.15) is 18.1 Å². The standard InChI is InChI=1S/C17H18ClF2N/c1-2-21-14(11-13-5-3-4-6-16(13)19)9-12-7-8-15(18)17(20)10-12/h3-8,10,14,21H,2,9,11H2,1H3. The van der Waals surface area contributed by atoms with E-state index in [-0.39, 0.29) is 16.9 Å². The number of halogens is 3. The first kappa shape index (κ1) is 15.9. The predicted octanol–water partition coefficient (Wildman–Crippen LogP) is 4.38. The van der Waals surface area contributed by atoms with E-state index in [0.717, 1.165) is 12.1 Å². The summed E-state index contributed by atoms with van der Waals surface area (Å²) in [6.07, 6.45) is 1.18. The van der Waals surface area contributed by atoms with Gasteiger partial charge < -0.3 is 5.32 Å². The molecule has 112 valence electrons. The molecule has 0 aliphatic heterocycles. The van der Waals surface area contributed by atoms with Crippen molar-refractivity contribution in [3.63, 3.8) is 0 Å². The summed E-state index contributed by atoms with van der Waals surface area (Å²) in [5, 5.41) is 3.44. The molecule has 0 saturated carbocycles. The number of rotatable bonds is 6. The van der Waals surface area contributed by atoms with Crippen molar-refractivity contribution in [1.82, 2.24) is 5.32 Å². The second kappa shape index (κ2) is 7.53. The third-order valence-corrected chi connectivity index (χ3v) is 3.69. The molecule has 0 aliphatic carbocycles. The highest BCUT2D eigenvalue weighted by Crippen LogP contribution is 2.18. The van der Waals surface area contributed by atoms with Gasteiger partial charge in [0.1, 0.15) is 11.6 Å². The minimum atomic E-state index is -0.421. The Bertz CT molecular complexity index is 601. The highest BCUT2D eigenvalue weighted by molar-refractivity contribution is 6.30. The molecule has 2 aromatic carbocycles. The predicted molar refractivity (Wildman–Crippen MR) is 82.7 cm³/mol. The van der Waals surface area contributed by atoms with Crippen LogP contribution < -0.4 is 5.32 Å². The minimum absolute atomic E-state index is 0.0486. The lowest BCUT2D eigenvalue weighted by Gasteiger charge is -2.18. The maximum absolute atomic E-state index is 13.7. The fraction of sp³-hybridized carbons (Fsp3) is 0.294. The first-order chi connectivity index (χ1) is 10.1. The molecule has 0 radical (unpaired) electrons. The third-order valence-electron chi connectivity index (χ3n) is 3.38. The van der Waals surface area contributed by atoms with Gasteiger partial charge in [0, 0.05) is 6.04 Å². The molecule has 1 nitrogen and oxygen atoms in total. The van der Waals surface area contributed by atoms with E-state index in [4.69, 9.17) is 11.6 Å². The van der Waals surface area contributed by atoms with Crippen LogP contribution in [0.2, 0.25) is 5.02 Å². The Morgan fingerprint density at radius 3 is 2.48 bits per heavy atom. The van der Waals surface area contributed by atoms with E-state index in [1.165, 1.54) is 12.1 Å². The highest BCUT2D eigenvalue weighted by Gasteiger charge is 2.13. The van der Waals surface area contributed by atoms with E-state index in [2.05, 4.69) is 5.32 Å². The van der Waals surface area contributed by atoms with Crippen molar-refractivity contribution < 1.29 is 8.78 Å². The van der Waals surface area contributed by atoms with E-state index in [9.17, 15) is 8.78 Å². The number of hydrogen-bond acceptors (Lipinski definition) is 1. The molecule has 0 fully saturated rings. The first-order valence-corrected chi connectivity index (χ1v) is 7.38. The monoisotopic (exact) mass is 309 g/mol. The summed E-state index contributed by atoms with van der Waals surface area (Å²) >= 11 is 5.69. The molecule has 21 heavy (non-hydrogen) atoms. The van der Waals surface area contributed by atoms with Gasteiger partial charge in [0.25, 0.3) is 0 Å². The van der Waals surface area contributed by atoms with Crippen LogP contribution in [0.4, 0.5) is 8.78 Å². The van der Waals surface area contributed by atoms with Gasteiger partial charge in [-0.05, 0) is 48.7 Å². The molecule has 1 unspecified atom stereocenters. The van der Waals surface area contributed by atoms with E-state index >= 15 is 0 Å². The van der Waals surface area contributed by atoms with E-state index in [1.54, 1.807) is 24.3 Å². The second-order valence-corrected chi connectivity index (χ2v) is 5.41. The summed E-state index contributed by atoms with van der Waals surface area (Å²) < 4.78 is 27.2. The van der Waals surface area contributed by atoms with Gasteiger partial charge in [-0.15, -0.1) is 0 Å². The van der Waals surface area contributed by atoms with Crippen LogP contribution in [0, 0.1) is 11.6 Å². The SMILES string of the molecule is CCNC(Cc1ccc(Cl)c(F)c1)Cc1ccccc1F. The van der Waals surface area contributed by atoms with Crippen LogP contribution in [0.25, 0.3) is 0 Å². The summed E-state index contributed by atoms with van der Waals surface area (Å²) in [5.74, 6) is -0.627. The molecule has 0 heterocycles. The quantitative estimate of drug-likeness (QED) is 0.835. The molecule has 0 spiro atoms. The summed E-state index contributed by atoms with van der Waals surface area (Å²) in [6.45, 7) is 2.77. The molecule has 1 atom stereocenters. The Morgan fingerprint density at radius 1 is 1.05 bits per heavy atom.